The molecule has 0 aromatic rings. The Labute approximate surface area is 401 Å². The van der Waals surface area contributed by atoms with Crippen LogP contribution in [0.3, 0.4) is 0 Å². The Morgan fingerprint density at radius 3 is 0.826 bits per heavy atom. The van der Waals surface area contributed by atoms with Crippen molar-refractivity contribution >= 4 is 77.1 Å². The first kappa shape index (κ1) is 60.3. The summed E-state index contributed by atoms with van der Waals surface area (Å²) < 4.78 is 0. The fourth-order valence-corrected chi connectivity index (χ4v) is 5.88. The number of rotatable bonds is 0. The molecule has 1 fully saturated rings. The number of hydrogen-bond acceptors (Lipinski definition) is 14. The largest absolute Gasteiger partial charge is 0.391 e. The molecule has 0 spiro atoms. The summed E-state index contributed by atoms with van der Waals surface area (Å²) in [6.45, 7) is 20.7. The summed E-state index contributed by atoms with van der Waals surface area (Å²) in [5.74, 6) is -7.75. The monoisotopic (exact) mass is 980 g/mol. The second kappa shape index (κ2) is 27.9. The maximum Gasteiger partial charge on any atom is 0.245 e. The van der Waals surface area contributed by atoms with Gasteiger partial charge in [0.1, 0.15) is 66.5 Å². The number of amides is 12. The van der Waals surface area contributed by atoms with Gasteiger partial charge in [-0.1, -0.05) is 6.92 Å². The lowest BCUT2D eigenvalue weighted by atomic mass is 9.98. The lowest BCUT2D eigenvalue weighted by Gasteiger charge is -2.25. The number of aliphatic imine (C=N–C) groups is 1. The highest BCUT2D eigenvalue weighted by Gasteiger charge is 2.31. The van der Waals surface area contributed by atoms with Gasteiger partial charge in [0.15, 0.2) is 0 Å². The van der Waals surface area contributed by atoms with Gasteiger partial charge >= 0.3 is 0 Å². The van der Waals surface area contributed by atoms with Gasteiger partial charge in [-0.3, -0.25) is 62.5 Å². The first-order valence-corrected chi connectivity index (χ1v) is 22.7. The molecular weight excluding hydrogens is 907 g/mol. The van der Waals surface area contributed by atoms with Gasteiger partial charge in [0.25, 0.3) is 0 Å². The van der Waals surface area contributed by atoms with Crippen molar-refractivity contribution in [1.29, 1.82) is 0 Å². The van der Waals surface area contributed by atoms with Gasteiger partial charge in [0, 0.05) is 12.1 Å². The van der Waals surface area contributed by atoms with Crippen LogP contribution in [0.5, 0.6) is 0 Å². The highest BCUT2D eigenvalue weighted by Crippen LogP contribution is 2.11. The third-order valence-corrected chi connectivity index (χ3v) is 10.8. The summed E-state index contributed by atoms with van der Waals surface area (Å²) in [4.78, 5) is 153. The first-order chi connectivity index (χ1) is 31.9. The van der Waals surface area contributed by atoms with Crippen LogP contribution in [-0.4, -0.2) is 167 Å². The average Bonchev–Trinajstić information content (AvgIpc) is 3.26. The van der Waals surface area contributed by atoms with Gasteiger partial charge in [-0.15, -0.1) is 0 Å². The number of hydrogen-bond donors (Lipinski definition) is 13. The molecule has 0 radical (unpaired) electrons. The molecule has 26 heteroatoms. The quantitative estimate of drug-likeness (QED) is 0.108. The normalized spacial score (nSPS) is 34.3. The van der Waals surface area contributed by atoms with Crippen LogP contribution in [0.25, 0.3) is 0 Å². The van der Waals surface area contributed by atoms with Crippen LogP contribution >= 0.6 is 0 Å². The standard InChI is InChI=1S/C22H38N6O7.C21H35N7O6/c1-9-8-16(29)10(2)23-18(31)12(4)25-20(33)14(6)27-22(35)15(7)28-21(34)13(5)26-19(32)11(3)24-17(9)30;1-9-8-22-10(2)16(29)24-12(4)18(31)26-14(6)20(33)28-15(7)21(34)27-13(5)19(32)25-11(3)17(30)23-9/h9-16,29H,8H2,1-7H3,(H,23,31)(H,24,30)(H,25,33)(H,26,32)(H,27,35)(H,28,34);8-15H,1-7H3,(H,23,30)(H,24,29)(H,25,32)(H,26,31)(H,27,34)(H,28,33). The molecule has 26 nitrogen and oxygen atoms in total. The zero-order chi connectivity index (χ0) is 53.2. The molecule has 2 heterocycles. The minimum atomic E-state index is -1.08. The molecule has 0 aliphatic carbocycles. The smallest absolute Gasteiger partial charge is 0.245 e. The van der Waals surface area contributed by atoms with Gasteiger partial charge in [-0.25, -0.2) is 0 Å². The van der Waals surface area contributed by atoms with Gasteiger partial charge in [-0.05, 0) is 96.4 Å². The molecule has 0 saturated carbocycles. The average molecular weight is 980 g/mol. The molecule has 388 valence electrons. The molecule has 0 aromatic heterocycles. The summed E-state index contributed by atoms with van der Waals surface area (Å²) in [7, 11) is 0. The van der Waals surface area contributed by atoms with E-state index in [0.717, 1.165) is 0 Å². The van der Waals surface area contributed by atoms with Crippen LogP contribution < -0.4 is 63.8 Å². The van der Waals surface area contributed by atoms with E-state index in [-0.39, 0.29) is 6.42 Å². The Balaban J connectivity index is 0.000000690. The first-order valence-electron chi connectivity index (χ1n) is 22.7. The van der Waals surface area contributed by atoms with E-state index in [9.17, 15) is 62.6 Å². The van der Waals surface area contributed by atoms with Crippen molar-refractivity contribution in [3.8, 4) is 0 Å². The second-order valence-corrected chi connectivity index (χ2v) is 17.6. The molecule has 0 aromatic carbocycles. The van der Waals surface area contributed by atoms with Crippen molar-refractivity contribution in [2.45, 2.75) is 188 Å². The van der Waals surface area contributed by atoms with E-state index in [1.165, 1.54) is 82.4 Å². The lowest BCUT2D eigenvalue weighted by molar-refractivity contribution is -0.134. The lowest BCUT2D eigenvalue weighted by Crippen LogP contribution is -2.57. The van der Waals surface area contributed by atoms with Crippen LogP contribution in [0.4, 0.5) is 0 Å². The van der Waals surface area contributed by atoms with Crippen molar-refractivity contribution in [2.75, 3.05) is 0 Å². The highest BCUT2D eigenvalue weighted by molar-refractivity contribution is 5.98. The Kier molecular flexibility index (Phi) is 24.4. The minimum absolute atomic E-state index is 0.00211. The third kappa shape index (κ3) is 20.6. The number of aliphatic hydroxyl groups is 1. The Hall–Kier alpha value is -6.73. The molecule has 2 aliphatic heterocycles. The number of carbonyl (C=O) groups excluding carboxylic acids is 12. The van der Waals surface area contributed by atoms with E-state index in [0.29, 0.717) is 0 Å². The van der Waals surface area contributed by atoms with Gasteiger partial charge in [-0.2, -0.15) is 0 Å². The molecule has 13 N–H and O–H groups in total. The van der Waals surface area contributed by atoms with E-state index >= 15 is 0 Å². The van der Waals surface area contributed by atoms with E-state index in [4.69, 9.17) is 0 Å². The number of carbonyl (C=O) groups is 12. The third-order valence-electron chi connectivity index (χ3n) is 10.8. The van der Waals surface area contributed by atoms with Crippen molar-refractivity contribution in [3.63, 3.8) is 0 Å². The molecule has 1 saturated heterocycles. The number of nitrogens with one attached hydrogen (secondary N) is 12. The maximum absolute atomic E-state index is 12.5. The van der Waals surface area contributed by atoms with E-state index in [1.807, 2.05) is 0 Å². The van der Waals surface area contributed by atoms with Crippen LogP contribution in [0, 0.1) is 5.92 Å². The summed E-state index contributed by atoms with van der Waals surface area (Å²) in [5, 5.41) is 40.4. The van der Waals surface area contributed by atoms with Gasteiger partial charge in [0.05, 0.1) is 18.2 Å². The van der Waals surface area contributed by atoms with Crippen molar-refractivity contribution in [2.24, 2.45) is 10.9 Å². The zero-order valence-corrected chi connectivity index (χ0v) is 41.7. The second-order valence-electron chi connectivity index (χ2n) is 17.6. The molecule has 12 amide bonds. The van der Waals surface area contributed by atoms with Crippen molar-refractivity contribution in [3.05, 3.63) is 0 Å². The highest BCUT2D eigenvalue weighted by atomic mass is 16.3. The molecular formula is C43H73N13O13. The minimum Gasteiger partial charge on any atom is -0.391 e. The number of aliphatic hydroxyl groups excluding tert-OH is 1. The van der Waals surface area contributed by atoms with Crippen LogP contribution in [0.1, 0.15) is 103 Å². The predicted octanol–water partition coefficient (Wildman–Crippen LogP) is -5.10. The fourth-order valence-electron chi connectivity index (χ4n) is 5.88. The van der Waals surface area contributed by atoms with E-state index in [2.05, 4.69) is 68.8 Å². The van der Waals surface area contributed by atoms with Gasteiger partial charge in [0.2, 0.25) is 70.9 Å². The Morgan fingerprint density at radius 1 is 0.333 bits per heavy atom. The van der Waals surface area contributed by atoms with Crippen LogP contribution in [0.2, 0.25) is 0 Å². The molecule has 69 heavy (non-hydrogen) atoms. The van der Waals surface area contributed by atoms with Crippen molar-refractivity contribution < 1.29 is 62.6 Å². The molecule has 2 rings (SSSR count). The summed E-state index contributed by atoms with van der Waals surface area (Å²) in [6, 6.07) is -12.0. The molecule has 15 atom stereocenters. The Bertz CT molecular complexity index is 1940. The molecule has 0 bridgehead atoms. The van der Waals surface area contributed by atoms with Gasteiger partial charge < -0.3 is 68.9 Å². The Morgan fingerprint density at radius 2 is 0.551 bits per heavy atom. The van der Waals surface area contributed by atoms with Crippen LogP contribution in [0.15, 0.2) is 4.99 Å². The molecule has 15 unspecified atom stereocenters. The van der Waals surface area contributed by atoms with Crippen molar-refractivity contribution in [1.82, 2.24) is 63.8 Å². The summed E-state index contributed by atoms with van der Waals surface area (Å²) in [5.41, 5.74) is 0. The predicted molar refractivity (Wildman–Crippen MR) is 249 cm³/mol. The van der Waals surface area contributed by atoms with E-state index < -0.39 is 161 Å². The van der Waals surface area contributed by atoms with E-state index in [1.54, 1.807) is 20.8 Å². The molecule has 2 aliphatic rings. The topological polar surface area (TPSA) is 382 Å². The summed E-state index contributed by atoms with van der Waals surface area (Å²) >= 11 is 0. The SMILES string of the molecule is CC1C=NC(C)C(=O)NC(C)C(=O)NC(C)C(=O)NC(C)C(=O)NC(C)C(=O)NC(C)C(=O)N1.CC1CC(O)C(C)NC(=O)C(C)NC(=O)C(C)NC(=O)C(C)NC(=O)C(C)NC(=O)C(C)NC1=O. The number of nitrogens with zero attached hydrogens (tertiary/aromatic N) is 1. The maximum atomic E-state index is 12.5. The van der Waals surface area contributed by atoms with Crippen LogP contribution in [-0.2, 0) is 57.5 Å². The zero-order valence-electron chi connectivity index (χ0n) is 41.7. The summed E-state index contributed by atoms with van der Waals surface area (Å²) in [6.07, 6.45) is 0.298. The fraction of sp³-hybridized carbons (Fsp3) is 0.698.